The molecule has 0 fully saturated rings. The average molecular weight is 282 g/mol. The fourth-order valence-electron chi connectivity index (χ4n) is 1.64. The Bertz CT molecular complexity index is 567. The third-order valence-electron chi connectivity index (χ3n) is 2.68. The minimum Gasteiger partial charge on any atom is -0.481 e. The van der Waals surface area contributed by atoms with Crippen molar-refractivity contribution in [1.29, 1.82) is 0 Å². The lowest BCUT2D eigenvalue weighted by molar-refractivity contribution is -0.137. The first-order valence-electron chi connectivity index (χ1n) is 5.90. The highest BCUT2D eigenvalue weighted by atomic mass is 19.4. The van der Waals surface area contributed by atoms with Crippen molar-refractivity contribution in [3.8, 4) is 5.88 Å². The first-order valence-corrected chi connectivity index (χ1v) is 5.90. The fourth-order valence-corrected chi connectivity index (χ4v) is 1.64. The second-order valence-corrected chi connectivity index (χ2v) is 4.10. The molecule has 2 rings (SSSR count). The van der Waals surface area contributed by atoms with Gasteiger partial charge in [0.1, 0.15) is 0 Å². The minimum atomic E-state index is -4.31. The van der Waals surface area contributed by atoms with Gasteiger partial charge in [0, 0.05) is 11.8 Å². The van der Waals surface area contributed by atoms with Crippen LogP contribution in [0.25, 0.3) is 0 Å². The van der Waals surface area contributed by atoms with Crippen molar-refractivity contribution in [3.05, 3.63) is 53.7 Å². The fraction of sp³-hybridized carbons (Fsp3) is 0.214. The second kappa shape index (κ2) is 5.81. The molecule has 106 valence electrons. The predicted molar refractivity (Wildman–Crippen MR) is 69.6 cm³/mol. The lowest BCUT2D eigenvalue weighted by Crippen LogP contribution is -2.06. The van der Waals surface area contributed by atoms with Crippen LogP contribution < -0.4 is 10.1 Å². The SMILES string of the molecule is COc1cccc(CNc2ccc(C(F)(F)F)cc2)n1. The van der Waals surface area contributed by atoms with Crippen LogP contribution in [-0.2, 0) is 12.7 Å². The number of halogens is 3. The van der Waals surface area contributed by atoms with E-state index in [1.807, 2.05) is 0 Å². The van der Waals surface area contributed by atoms with Gasteiger partial charge in [-0.2, -0.15) is 13.2 Å². The van der Waals surface area contributed by atoms with Gasteiger partial charge >= 0.3 is 6.18 Å². The standard InChI is InChI=1S/C14H13F3N2O/c1-20-13-4-2-3-12(19-13)9-18-11-7-5-10(6-8-11)14(15,16)17/h2-8,18H,9H2,1H3. The van der Waals surface area contributed by atoms with E-state index >= 15 is 0 Å². The van der Waals surface area contributed by atoms with Crippen molar-refractivity contribution in [2.24, 2.45) is 0 Å². The first-order chi connectivity index (χ1) is 9.49. The zero-order valence-electron chi connectivity index (χ0n) is 10.7. The number of anilines is 1. The molecule has 3 nitrogen and oxygen atoms in total. The summed E-state index contributed by atoms with van der Waals surface area (Å²) >= 11 is 0. The van der Waals surface area contributed by atoms with E-state index in [0.29, 0.717) is 18.1 Å². The molecule has 0 atom stereocenters. The molecule has 2 aromatic rings. The van der Waals surface area contributed by atoms with Gasteiger partial charge in [0.05, 0.1) is 24.9 Å². The third-order valence-corrected chi connectivity index (χ3v) is 2.68. The molecule has 1 heterocycles. The van der Waals surface area contributed by atoms with Crippen molar-refractivity contribution < 1.29 is 17.9 Å². The lowest BCUT2D eigenvalue weighted by Gasteiger charge is -2.09. The Hall–Kier alpha value is -2.24. The van der Waals surface area contributed by atoms with Crippen LogP contribution in [0.2, 0.25) is 0 Å². The van der Waals surface area contributed by atoms with Gasteiger partial charge in [-0.25, -0.2) is 4.98 Å². The molecule has 0 saturated heterocycles. The van der Waals surface area contributed by atoms with Gasteiger partial charge in [0.2, 0.25) is 5.88 Å². The van der Waals surface area contributed by atoms with Crippen LogP contribution in [0.3, 0.4) is 0 Å². The quantitative estimate of drug-likeness (QED) is 0.928. The number of pyridine rings is 1. The van der Waals surface area contributed by atoms with Crippen molar-refractivity contribution >= 4 is 5.69 Å². The number of aromatic nitrogens is 1. The topological polar surface area (TPSA) is 34.1 Å². The summed E-state index contributed by atoms with van der Waals surface area (Å²) in [4.78, 5) is 4.20. The van der Waals surface area contributed by atoms with E-state index in [2.05, 4.69) is 10.3 Å². The van der Waals surface area contributed by atoms with E-state index < -0.39 is 11.7 Å². The number of methoxy groups -OCH3 is 1. The van der Waals surface area contributed by atoms with Gasteiger partial charge < -0.3 is 10.1 Å². The van der Waals surface area contributed by atoms with Crippen LogP contribution in [0.1, 0.15) is 11.3 Å². The van der Waals surface area contributed by atoms with Gasteiger partial charge in [0.25, 0.3) is 0 Å². The molecule has 1 aromatic heterocycles. The molecule has 1 aromatic carbocycles. The van der Waals surface area contributed by atoms with Crippen molar-refractivity contribution in [1.82, 2.24) is 4.98 Å². The molecule has 20 heavy (non-hydrogen) atoms. The number of benzene rings is 1. The molecule has 0 aliphatic rings. The van der Waals surface area contributed by atoms with Crippen LogP contribution in [0.5, 0.6) is 5.88 Å². The maximum absolute atomic E-state index is 12.4. The summed E-state index contributed by atoms with van der Waals surface area (Å²) < 4.78 is 42.2. The monoisotopic (exact) mass is 282 g/mol. The molecule has 0 radical (unpaired) electrons. The first kappa shape index (κ1) is 14.2. The zero-order chi connectivity index (χ0) is 14.6. The Balaban J connectivity index is 2.00. The van der Waals surface area contributed by atoms with E-state index in [9.17, 15) is 13.2 Å². The Morgan fingerprint density at radius 3 is 2.40 bits per heavy atom. The number of alkyl halides is 3. The molecule has 0 bridgehead atoms. The molecule has 0 aliphatic carbocycles. The maximum Gasteiger partial charge on any atom is 0.416 e. The largest absolute Gasteiger partial charge is 0.481 e. The highest BCUT2D eigenvalue weighted by Crippen LogP contribution is 2.29. The van der Waals surface area contributed by atoms with Crippen LogP contribution in [0, 0.1) is 0 Å². The highest BCUT2D eigenvalue weighted by Gasteiger charge is 2.29. The van der Waals surface area contributed by atoms with E-state index in [-0.39, 0.29) is 0 Å². The molecule has 0 aliphatic heterocycles. The Labute approximate surface area is 114 Å². The Morgan fingerprint density at radius 2 is 1.80 bits per heavy atom. The second-order valence-electron chi connectivity index (χ2n) is 4.10. The van der Waals surface area contributed by atoms with Crippen molar-refractivity contribution in [3.63, 3.8) is 0 Å². The van der Waals surface area contributed by atoms with Gasteiger partial charge in [-0.15, -0.1) is 0 Å². The lowest BCUT2D eigenvalue weighted by atomic mass is 10.2. The zero-order valence-corrected chi connectivity index (χ0v) is 10.7. The number of ether oxygens (including phenoxy) is 1. The average Bonchev–Trinajstić information content (AvgIpc) is 2.45. The molecular formula is C14H13F3N2O. The van der Waals surface area contributed by atoms with Crippen LogP contribution in [0.15, 0.2) is 42.5 Å². The Kier molecular flexibility index (Phi) is 4.12. The summed E-state index contributed by atoms with van der Waals surface area (Å²) in [7, 11) is 1.52. The maximum atomic E-state index is 12.4. The predicted octanol–water partition coefficient (Wildman–Crippen LogP) is 3.72. The van der Waals surface area contributed by atoms with Crippen molar-refractivity contribution in [2.45, 2.75) is 12.7 Å². The summed E-state index contributed by atoms with van der Waals surface area (Å²) in [6.07, 6.45) is -4.31. The van der Waals surface area contributed by atoms with Crippen molar-refractivity contribution in [2.75, 3.05) is 12.4 Å². The molecular weight excluding hydrogens is 269 g/mol. The number of rotatable bonds is 4. The molecule has 6 heteroatoms. The third kappa shape index (κ3) is 3.63. The molecule has 0 spiro atoms. The van der Waals surface area contributed by atoms with Gasteiger partial charge in [-0.05, 0) is 30.3 Å². The molecule has 0 saturated carbocycles. The highest BCUT2D eigenvalue weighted by molar-refractivity contribution is 5.45. The summed E-state index contributed by atoms with van der Waals surface area (Å²) in [5.74, 6) is 0.497. The number of nitrogens with one attached hydrogen (secondary N) is 1. The van der Waals surface area contributed by atoms with Gasteiger partial charge in [-0.3, -0.25) is 0 Å². The van der Waals surface area contributed by atoms with Gasteiger partial charge in [0.15, 0.2) is 0 Å². The van der Waals surface area contributed by atoms with E-state index in [4.69, 9.17) is 4.74 Å². The molecule has 0 unspecified atom stereocenters. The Morgan fingerprint density at radius 1 is 1.10 bits per heavy atom. The van der Waals surface area contributed by atoms with E-state index in [1.165, 1.54) is 19.2 Å². The summed E-state index contributed by atoms with van der Waals surface area (Å²) in [6.45, 7) is 0.405. The normalized spacial score (nSPS) is 11.2. The van der Waals surface area contributed by atoms with Crippen LogP contribution in [0.4, 0.5) is 18.9 Å². The summed E-state index contributed by atoms with van der Waals surface area (Å²) in [5, 5.41) is 3.01. The van der Waals surface area contributed by atoms with Crippen LogP contribution >= 0.6 is 0 Å². The summed E-state index contributed by atoms with van der Waals surface area (Å²) in [6, 6.07) is 10.2. The molecule has 1 N–H and O–H groups in total. The summed E-state index contributed by atoms with van der Waals surface area (Å²) in [5.41, 5.74) is 0.675. The number of hydrogen-bond acceptors (Lipinski definition) is 3. The van der Waals surface area contributed by atoms with E-state index in [0.717, 1.165) is 17.8 Å². The minimum absolute atomic E-state index is 0.405. The van der Waals surface area contributed by atoms with E-state index in [1.54, 1.807) is 18.2 Å². The molecule has 0 amide bonds. The number of hydrogen-bond donors (Lipinski definition) is 1. The number of nitrogens with zero attached hydrogens (tertiary/aromatic N) is 1. The van der Waals surface area contributed by atoms with Gasteiger partial charge in [-0.1, -0.05) is 6.07 Å². The van der Waals surface area contributed by atoms with Crippen LogP contribution in [-0.4, -0.2) is 12.1 Å². The smallest absolute Gasteiger partial charge is 0.416 e.